The fraction of sp³-hybridized carbons (Fsp3) is 1.00. The van der Waals surface area contributed by atoms with Gasteiger partial charge in [-0.05, 0) is 33.7 Å². The Morgan fingerprint density at radius 3 is 2.09 bits per heavy atom. The summed E-state index contributed by atoms with van der Waals surface area (Å²) in [4.78, 5) is 2.41. The lowest BCUT2D eigenvalue weighted by Gasteiger charge is -2.33. The van der Waals surface area contributed by atoms with Crippen LogP contribution in [-0.2, 0) is 0 Å². The SMILES string of the molecule is CC(CI)CN(C)C(C)(C)C. The highest BCUT2D eigenvalue weighted by atomic mass is 127. The van der Waals surface area contributed by atoms with Crippen LogP contribution in [0.15, 0.2) is 0 Å². The Labute approximate surface area is 84.7 Å². The molecule has 0 aliphatic heterocycles. The van der Waals surface area contributed by atoms with Gasteiger partial charge in [-0.2, -0.15) is 0 Å². The first-order chi connectivity index (χ1) is 4.88. The van der Waals surface area contributed by atoms with E-state index >= 15 is 0 Å². The van der Waals surface area contributed by atoms with Crippen molar-refractivity contribution in [3.8, 4) is 0 Å². The maximum Gasteiger partial charge on any atom is 0.0122 e. The van der Waals surface area contributed by atoms with Crippen molar-refractivity contribution in [3.63, 3.8) is 0 Å². The molecular weight excluding hydrogens is 249 g/mol. The van der Waals surface area contributed by atoms with Gasteiger partial charge in [-0.1, -0.05) is 29.5 Å². The molecule has 0 heterocycles. The molecule has 0 saturated heterocycles. The van der Waals surface area contributed by atoms with Gasteiger partial charge in [0.2, 0.25) is 0 Å². The maximum atomic E-state index is 2.45. The fourth-order valence-corrected chi connectivity index (χ4v) is 1.07. The highest BCUT2D eigenvalue weighted by Gasteiger charge is 2.17. The lowest BCUT2D eigenvalue weighted by atomic mass is 10.1. The molecule has 0 bridgehead atoms. The predicted molar refractivity (Wildman–Crippen MR) is 60.4 cm³/mol. The van der Waals surface area contributed by atoms with Crippen LogP contribution in [0.3, 0.4) is 0 Å². The maximum absolute atomic E-state index is 2.45. The van der Waals surface area contributed by atoms with E-state index in [1.807, 2.05) is 0 Å². The van der Waals surface area contributed by atoms with Crippen LogP contribution >= 0.6 is 22.6 Å². The van der Waals surface area contributed by atoms with Gasteiger partial charge in [-0.25, -0.2) is 0 Å². The van der Waals surface area contributed by atoms with E-state index < -0.39 is 0 Å². The molecule has 0 amide bonds. The summed E-state index contributed by atoms with van der Waals surface area (Å²) in [7, 11) is 2.20. The Morgan fingerprint density at radius 2 is 1.82 bits per heavy atom. The van der Waals surface area contributed by atoms with E-state index in [2.05, 4.69) is 62.2 Å². The van der Waals surface area contributed by atoms with E-state index in [9.17, 15) is 0 Å². The van der Waals surface area contributed by atoms with Crippen molar-refractivity contribution in [2.24, 2.45) is 5.92 Å². The summed E-state index contributed by atoms with van der Waals surface area (Å²) in [5, 5.41) is 0. The lowest BCUT2D eigenvalue weighted by Crippen LogP contribution is -2.40. The van der Waals surface area contributed by atoms with Crippen molar-refractivity contribution in [1.29, 1.82) is 0 Å². The van der Waals surface area contributed by atoms with Crippen LogP contribution in [-0.4, -0.2) is 28.5 Å². The summed E-state index contributed by atoms with van der Waals surface area (Å²) in [6, 6.07) is 0. The van der Waals surface area contributed by atoms with Gasteiger partial charge in [0.25, 0.3) is 0 Å². The lowest BCUT2D eigenvalue weighted by molar-refractivity contribution is 0.158. The molecule has 1 nitrogen and oxygen atoms in total. The summed E-state index contributed by atoms with van der Waals surface area (Å²) in [6.07, 6.45) is 0. The van der Waals surface area contributed by atoms with E-state index in [0.717, 1.165) is 5.92 Å². The highest BCUT2D eigenvalue weighted by molar-refractivity contribution is 14.1. The molecule has 0 aromatic rings. The van der Waals surface area contributed by atoms with Gasteiger partial charge in [-0.15, -0.1) is 0 Å². The second-order valence-electron chi connectivity index (χ2n) is 4.31. The molecule has 1 atom stereocenters. The van der Waals surface area contributed by atoms with Gasteiger partial charge in [0, 0.05) is 16.5 Å². The third kappa shape index (κ3) is 5.01. The van der Waals surface area contributed by atoms with Gasteiger partial charge < -0.3 is 4.90 Å². The second-order valence-corrected chi connectivity index (χ2v) is 5.19. The Morgan fingerprint density at radius 1 is 1.36 bits per heavy atom. The second kappa shape index (κ2) is 4.65. The molecule has 0 aromatic carbocycles. The third-order valence-corrected chi connectivity index (χ3v) is 3.50. The van der Waals surface area contributed by atoms with Crippen LogP contribution < -0.4 is 0 Å². The van der Waals surface area contributed by atoms with Crippen molar-refractivity contribution in [3.05, 3.63) is 0 Å². The molecule has 0 fully saturated rings. The first kappa shape index (κ1) is 11.7. The molecule has 0 saturated carbocycles. The van der Waals surface area contributed by atoms with Gasteiger partial charge in [0.05, 0.1) is 0 Å². The van der Waals surface area contributed by atoms with E-state index in [-0.39, 0.29) is 0 Å². The molecule has 0 aromatic heterocycles. The number of rotatable bonds is 3. The molecule has 1 unspecified atom stereocenters. The summed E-state index contributed by atoms with van der Waals surface area (Å²) in [6.45, 7) is 10.3. The van der Waals surface area contributed by atoms with Crippen LogP contribution in [0.2, 0.25) is 0 Å². The number of alkyl halides is 1. The van der Waals surface area contributed by atoms with E-state index in [1.54, 1.807) is 0 Å². The zero-order chi connectivity index (χ0) is 9.07. The van der Waals surface area contributed by atoms with E-state index in [1.165, 1.54) is 11.0 Å². The van der Waals surface area contributed by atoms with E-state index in [0.29, 0.717) is 5.54 Å². The third-order valence-electron chi connectivity index (χ3n) is 1.99. The van der Waals surface area contributed by atoms with Crippen LogP contribution in [0, 0.1) is 5.92 Å². The Kier molecular flexibility index (Phi) is 4.94. The van der Waals surface area contributed by atoms with Crippen molar-refractivity contribution in [2.75, 3.05) is 18.0 Å². The minimum absolute atomic E-state index is 0.320. The molecule has 0 spiro atoms. The summed E-state index contributed by atoms with van der Waals surface area (Å²) in [5.74, 6) is 0.805. The zero-order valence-electron chi connectivity index (χ0n) is 8.32. The smallest absolute Gasteiger partial charge is 0.0122 e. The number of nitrogens with zero attached hydrogens (tertiary/aromatic N) is 1. The minimum atomic E-state index is 0.320. The molecule has 68 valence electrons. The van der Waals surface area contributed by atoms with Crippen LogP contribution in [0.1, 0.15) is 27.7 Å². The minimum Gasteiger partial charge on any atom is -0.301 e. The van der Waals surface area contributed by atoms with Crippen LogP contribution in [0.5, 0.6) is 0 Å². The largest absolute Gasteiger partial charge is 0.301 e. The summed E-state index contributed by atoms with van der Waals surface area (Å²) in [5.41, 5.74) is 0.320. The molecule has 0 aliphatic rings. The molecule has 2 heteroatoms. The van der Waals surface area contributed by atoms with E-state index in [4.69, 9.17) is 0 Å². The van der Waals surface area contributed by atoms with Gasteiger partial charge in [0.15, 0.2) is 0 Å². The van der Waals surface area contributed by atoms with Crippen molar-refractivity contribution in [1.82, 2.24) is 4.90 Å². The average molecular weight is 269 g/mol. The Bertz CT molecular complexity index is 107. The summed E-state index contributed by atoms with van der Waals surface area (Å²) < 4.78 is 1.25. The van der Waals surface area contributed by atoms with Crippen molar-refractivity contribution < 1.29 is 0 Å². The average Bonchev–Trinajstić information content (AvgIpc) is 1.85. The Hall–Kier alpha value is 0.690. The van der Waals surface area contributed by atoms with Gasteiger partial charge in [-0.3, -0.25) is 0 Å². The van der Waals surface area contributed by atoms with Gasteiger partial charge >= 0.3 is 0 Å². The quantitative estimate of drug-likeness (QED) is 0.562. The number of halogens is 1. The standard InChI is InChI=1S/C9H20IN/c1-8(6-10)7-11(5)9(2,3)4/h8H,6-7H2,1-5H3. The van der Waals surface area contributed by atoms with Gasteiger partial charge in [0.1, 0.15) is 0 Å². The molecule has 0 N–H and O–H groups in total. The zero-order valence-corrected chi connectivity index (χ0v) is 10.5. The molecular formula is C9H20IN. The molecule has 0 aliphatic carbocycles. The normalized spacial score (nSPS) is 15.5. The monoisotopic (exact) mass is 269 g/mol. The highest BCUT2D eigenvalue weighted by Crippen LogP contribution is 2.13. The Balaban J connectivity index is 3.77. The number of hydrogen-bond donors (Lipinski definition) is 0. The van der Waals surface area contributed by atoms with Crippen LogP contribution in [0.25, 0.3) is 0 Å². The fourth-order valence-electron chi connectivity index (χ4n) is 0.790. The molecule has 0 radical (unpaired) electrons. The van der Waals surface area contributed by atoms with Crippen molar-refractivity contribution >= 4 is 22.6 Å². The van der Waals surface area contributed by atoms with Crippen molar-refractivity contribution in [2.45, 2.75) is 33.2 Å². The predicted octanol–water partition coefficient (Wildman–Crippen LogP) is 2.79. The topological polar surface area (TPSA) is 3.24 Å². The first-order valence-corrected chi connectivity index (χ1v) is 5.67. The van der Waals surface area contributed by atoms with Crippen LogP contribution in [0.4, 0.5) is 0 Å². The molecule has 0 rings (SSSR count). The molecule has 11 heavy (non-hydrogen) atoms. The number of hydrogen-bond acceptors (Lipinski definition) is 1. The summed E-state index contributed by atoms with van der Waals surface area (Å²) >= 11 is 2.45. The first-order valence-electron chi connectivity index (χ1n) is 4.15.